The van der Waals surface area contributed by atoms with Crippen LogP contribution in [0.25, 0.3) is 0 Å². The van der Waals surface area contributed by atoms with Crippen LogP contribution in [0, 0.1) is 5.92 Å². The lowest BCUT2D eigenvalue weighted by molar-refractivity contribution is -0.124. The number of nitrogens with one attached hydrogen (secondary N) is 2. The van der Waals surface area contributed by atoms with E-state index in [9.17, 15) is 4.79 Å². The number of allylic oxidation sites excluding steroid dienone is 1. The summed E-state index contributed by atoms with van der Waals surface area (Å²) in [6.45, 7) is 7.30. The van der Waals surface area contributed by atoms with Gasteiger partial charge in [-0.15, -0.1) is 0 Å². The minimum Gasteiger partial charge on any atom is -0.352 e. The summed E-state index contributed by atoms with van der Waals surface area (Å²) in [5.74, 6) is 0.141. The lowest BCUT2D eigenvalue weighted by Crippen LogP contribution is -2.34. The predicted octanol–water partition coefficient (Wildman–Crippen LogP) is 0.924. The summed E-state index contributed by atoms with van der Waals surface area (Å²) in [6.07, 6.45) is 2.00. The molecule has 0 aliphatic carbocycles. The van der Waals surface area contributed by atoms with Crippen LogP contribution in [-0.4, -0.2) is 26.0 Å². The summed E-state index contributed by atoms with van der Waals surface area (Å²) in [7, 11) is 1.85. The van der Waals surface area contributed by atoms with Crippen molar-refractivity contribution in [2.24, 2.45) is 5.92 Å². The molecule has 1 unspecified atom stereocenters. The highest BCUT2D eigenvalue weighted by Gasteiger charge is 2.09. The van der Waals surface area contributed by atoms with E-state index in [4.69, 9.17) is 0 Å². The Balaban J connectivity index is 3.68. The molecule has 13 heavy (non-hydrogen) atoms. The van der Waals surface area contributed by atoms with Gasteiger partial charge in [0.05, 0.1) is 0 Å². The molecule has 0 fully saturated rings. The SMILES string of the molecule is CNCC(C)C(=O)NCC=C(C)C. The van der Waals surface area contributed by atoms with Crippen LogP contribution in [0.15, 0.2) is 11.6 Å². The van der Waals surface area contributed by atoms with E-state index in [1.54, 1.807) is 0 Å². The van der Waals surface area contributed by atoms with Crippen molar-refractivity contribution in [3.63, 3.8) is 0 Å². The van der Waals surface area contributed by atoms with Crippen molar-refractivity contribution >= 4 is 5.91 Å². The average Bonchev–Trinajstić information content (AvgIpc) is 2.04. The van der Waals surface area contributed by atoms with E-state index in [2.05, 4.69) is 10.6 Å². The van der Waals surface area contributed by atoms with Crippen LogP contribution in [0.2, 0.25) is 0 Å². The summed E-state index contributed by atoms with van der Waals surface area (Å²) >= 11 is 0. The fourth-order valence-electron chi connectivity index (χ4n) is 0.929. The van der Waals surface area contributed by atoms with Gasteiger partial charge in [-0.05, 0) is 20.9 Å². The van der Waals surface area contributed by atoms with Crippen molar-refractivity contribution < 1.29 is 4.79 Å². The van der Waals surface area contributed by atoms with E-state index in [0.717, 1.165) is 6.54 Å². The zero-order valence-electron chi connectivity index (χ0n) is 8.98. The highest BCUT2D eigenvalue weighted by atomic mass is 16.1. The summed E-state index contributed by atoms with van der Waals surface area (Å²) < 4.78 is 0. The number of hydrogen-bond donors (Lipinski definition) is 2. The minimum absolute atomic E-state index is 0.0376. The van der Waals surface area contributed by atoms with Crippen molar-refractivity contribution in [2.45, 2.75) is 20.8 Å². The molecule has 0 radical (unpaired) electrons. The second-order valence-electron chi connectivity index (χ2n) is 3.49. The van der Waals surface area contributed by atoms with Gasteiger partial charge in [0, 0.05) is 19.0 Å². The molecule has 1 amide bonds. The van der Waals surface area contributed by atoms with Gasteiger partial charge in [-0.2, -0.15) is 0 Å². The van der Waals surface area contributed by atoms with Crippen molar-refractivity contribution in [1.29, 1.82) is 0 Å². The highest BCUT2D eigenvalue weighted by molar-refractivity contribution is 5.78. The molecule has 1 atom stereocenters. The molecular formula is C10H20N2O. The Kier molecular flexibility index (Phi) is 6.24. The maximum Gasteiger partial charge on any atom is 0.224 e. The number of carbonyl (C=O) groups is 1. The third kappa shape index (κ3) is 6.34. The maximum atomic E-state index is 11.3. The van der Waals surface area contributed by atoms with E-state index in [1.165, 1.54) is 5.57 Å². The third-order valence-corrected chi connectivity index (χ3v) is 1.74. The Morgan fingerprint density at radius 3 is 2.54 bits per heavy atom. The lowest BCUT2D eigenvalue weighted by Gasteiger charge is -2.09. The van der Waals surface area contributed by atoms with Crippen LogP contribution in [0.4, 0.5) is 0 Å². The van der Waals surface area contributed by atoms with E-state index >= 15 is 0 Å². The van der Waals surface area contributed by atoms with Crippen LogP contribution in [0.5, 0.6) is 0 Å². The first kappa shape index (κ1) is 12.2. The van der Waals surface area contributed by atoms with Crippen LogP contribution in [-0.2, 0) is 4.79 Å². The zero-order chi connectivity index (χ0) is 10.3. The summed E-state index contributed by atoms with van der Waals surface area (Å²) in [4.78, 5) is 11.3. The van der Waals surface area contributed by atoms with Gasteiger partial charge in [0.1, 0.15) is 0 Å². The normalized spacial score (nSPS) is 12.0. The van der Waals surface area contributed by atoms with E-state index in [-0.39, 0.29) is 11.8 Å². The Morgan fingerprint density at radius 2 is 2.08 bits per heavy atom. The van der Waals surface area contributed by atoms with Crippen LogP contribution in [0.3, 0.4) is 0 Å². The second kappa shape index (κ2) is 6.66. The molecule has 0 heterocycles. The first-order valence-electron chi connectivity index (χ1n) is 4.63. The van der Waals surface area contributed by atoms with E-state index in [1.807, 2.05) is 33.9 Å². The van der Waals surface area contributed by atoms with Gasteiger partial charge in [0.15, 0.2) is 0 Å². The third-order valence-electron chi connectivity index (χ3n) is 1.74. The molecule has 3 nitrogen and oxygen atoms in total. The van der Waals surface area contributed by atoms with Gasteiger partial charge in [-0.3, -0.25) is 4.79 Å². The second-order valence-corrected chi connectivity index (χ2v) is 3.49. The fraction of sp³-hybridized carbons (Fsp3) is 0.700. The monoisotopic (exact) mass is 184 g/mol. The zero-order valence-corrected chi connectivity index (χ0v) is 8.98. The first-order chi connectivity index (χ1) is 6.07. The molecule has 0 saturated heterocycles. The molecule has 0 aliphatic rings. The Labute approximate surface area is 80.6 Å². The molecule has 0 spiro atoms. The van der Waals surface area contributed by atoms with Crippen molar-refractivity contribution in [3.8, 4) is 0 Å². The number of amides is 1. The molecule has 0 saturated carbocycles. The molecule has 0 aromatic carbocycles. The van der Waals surface area contributed by atoms with Crippen molar-refractivity contribution in [2.75, 3.05) is 20.1 Å². The van der Waals surface area contributed by atoms with Gasteiger partial charge in [-0.1, -0.05) is 18.6 Å². The molecule has 0 bridgehead atoms. The quantitative estimate of drug-likeness (QED) is 0.624. The molecule has 0 aromatic rings. The molecule has 0 aliphatic heterocycles. The topological polar surface area (TPSA) is 41.1 Å². The van der Waals surface area contributed by atoms with Crippen molar-refractivity contribution in [3.05, 3.63) is 11.6 Å². The van der Waals surface area contributed by atoms with E-state index < -0.39 is 0 Å². The van der Waals surface area contributed by atoms with Crippen LogP contribution < -0.4 is 10.6 Å². The molecule has 0 aromatic heterocycles. The van der Waals surface area contributed by atoms with E-state index in [0.29, 0.717) is 6.54 Å². The van der Waals surface area contributed by atoms with Crippen LogP contribution >= 0.6 is 0 Å². The van der Waals surface area contributed by atoms with Crippen molar-refractivity contribution in [1.82, 2.24) is 10.6 Å². The van der Waals surface area contributed by atoms with Gasteiger partial charge >= 0.3 is 0 Å². The Bertz CT molecular complexity index is 183. The van der Waals surface area contributed by atoms with Gasteiger partial charge < -0.3 is 10.6 Å². The highest BCUT2D eigenvalue weighted by Crippen LogP contribution is 1.92. The average molecular weight is 184 g/mol. The fourth-order valence-corrected chi connectivity index (χ4v) is 0.929. The first-order valence-corrected chi connectivity index (χ1v) is 4.63. The number of hydrogen-bond acceptors (Lipinski definition) is 2. The summed E-state index contributed by atoms with van der Waals surface area (Å²) in [5.41, 5.74) is 1.22. The largest absolute Gasteiger partial charge is 0.352 e. The lowest BCUT2D eigenvalue weighted by atomic mass is 10.1. The van der Waals surface area contributed by atoms with Gasteiger partial charge in [-0.25, -0.2) is 0 Å². The van der Waals surface area contributed by atoms with Gasteiger partial charge in [0.25, 0.3) is 0 Å². The number of carbonyl (C=O) groups excluding carboxylic acids is 1. The molecule has 2 N–H and O–H groups in total. The smallest absolute Gasteiger partial charge is 0.224 e. The maximum absolute atomic E-state index is 11.3. The standard InChI is InChI=1S/C10H20N2O/c1-8(2)5-6-12-10(13)9(3)7-11-4/h5,9,11H,6-7H2,1-4H3,(H,12,13). The summed E-state index contributed by atoms with van der Waals surface area (Å²) in [6, 6.07) is 0. The van der Waals surface area contributed by atoms with Crippen LogP contribution in [0.1, 0.15) is 20.8 Å². The minimum atomic E-state index is 0.0376. The molecular weight excluding hydrogens is 164 g/mol. The molecule has 3 heteroatoms. The Morgan fingerprint density at radius 1 is 1.46 bits per heavy atom. The molecule has 76 valence electrons. The Hall–Kier alpha value is -0.830. The molecule has 0 rings (SSSR count). The van der Waals surface area contributed by atoms with Gasteiger partial charge in [0.2, 0.25) is 5.91 Å². The summed E-state index contributed by atoms with van der Waals surface area (Å²) in [5, 5.41) is 5.81. The predicted molar refractivity (Wildman–Crippen MR) is 55.5 cm³/mol. The number of rotatable bonds is 5.